The molecule has 1 aliphatic rings. The Morgan fingerprint density at radius 3 is 2.44 bits per heavy atom. The number of hydrogen-bond acceptors (Lipinski definition) is 4. The zero-order valence-corrected chi connectivity index (χ0v) is 11.0. The average Bonchev–Trinajstić information content (AvgIpc) is 2.80. The lowest BCUT2D eigenvalue weighted by molar-refractivity contribution is 0.00578. The molecule has 0 aromatic carbocycles. The first-order valence-corrected chi connectivity index (χ1v) is 6.03. The molecule has 3 heterocycles. The van der Waals surface area contributed by atoms with Gasteiger partial charge in [0.2, 0.25) is 5.78 Å². The Kier molecular flexibility index (Phi) is 2.31. The molecule has 0 radical (unpaired) electrons. The minimum Gasteiger partial charge on any atom is -0.399 e. The van der Waals surface area contributed by atoms with E-state index in [0.29, 0.717) is 5.78 Å². The Hall–Kier alpha value is -1.40. The highest BCUT2D eigenvalue weighted by Gasteiger charge is 2.51. The topological polar surface area (TPSA) is 48.7 Å². The molecule has 2 aromatic rings. The summed E-state index contributed by atoms with van der Waals surface area (Å²) in [6, 6.07) is 0. The van der Waals surface area contributed by atoms with E-state index in [9.17, 15) is 0 Å². The van der Waals surface area contributed by atoms with Crippen molar-refractivity contribution in [2.75, 3.05) is 0 Å². The van der Waals surface area contributed by atoms with E-state index < -0.39 is 0 Å². The summed E-state index contributed by atoms with van der Waals surface area (Å²) in [6.45, 7) is 8.15. The quantitative estimate of drug-likeness (QED) is 0.704. The van der Waals surface area contributed by atoms with Crippen LogP contribution in [0.15, 0.2) is 24.8 Å². The third-order valence-electron chi connectivity index (χ3n) is 3.79. The molecule has 3 rings (SSSR count). The summed E-state index contributed by atoms with van der Waals surface area (Å²) < 4.78 is 13.8. The molecule has 5 nitrogen and oxygen atoms in total. The van der Waals surface area contributed by atoms with Gasteiger partial charge in [0.05, 0.1) is 11.2 Å². The third-order valence-corrected chi connectivity index (χ3v) is 3.79. The van der Waals surface area contributed by atoms with Gasteiger partial charge in [0.25, 0.3) is 0 Å². The summed E-state index contributed by atoms with van der Waals surface area (Å²) in [5, 5.41) is 0. The van der Waals surface area contributed by atoms with Gasteiger partial charge < -0.3 is 9.31 Å². The van der Waals surface area contributed by atoms with Crippen molar-refractivity contribution in [2.24, 2.45) is 0 Å². The smallest absolute Gasteiger partial charge is 0.399 e. The van der Waals surface area contributed by atoms with Gasteiger partial charge in [-0.25, -0.2) is 9.97 Å². The van der Waals surface area contributed by atoms with E-state index in [4.69, 9.17) is 9.31 Å². The average molecular weight is 245 g/mol. The number of aromatic nitrogens is 3. The standard InChI is InChI=1S/C12H16BN3O2/c1-11(2)12(3,4)18-13(17-11)9-7-15-10-14-5-6-16(10)8-9/h5-8H,1-4H3. The van der Waals surface area contributed by atoms with Gasteiger partial charge in [0.1, 0.15) is 0 Å². The van der Waals surface area contributed by atoms with Gasteiger partial charge in [-0.1, -0.05) is 0 Å². The zero-order valence-electron chi connectivity index (χ0n) is 11.0. The van der Waals surface area contributed by atoms with Gasteiger partial charge in [-0.2, -0.15) is 0 Å². The fourth-order valence-electron chi connectivity index (χ4n) is 1.93. The predicted octanol–water partition coefficient (Wildman–Crippen LogP) is 1.03. The van der Waals surface area contributed by atoms with Crippen molar-refractivity contribution < 1.29 is 9.31 Å². The molecule has 0 bridgehead atoms. The summed E-state index contributed by atoms with van der Waals surface area (Å²) in [5.74, 6) is 0.676. The van der Waals surface area contributed by atoms with Crippen molar-refractivity contribution in [3.05, 3.63) is 24.8 Å². The lowest BCUT2D eigenvalue weighted by Gasteiger charge is -2.32. The second kappa shape index (κ2) is 3.55. The van der Waals surface area contributed by atoms with Crippen molar-refractivity contribution in [3.63, 3.8) is 0 Å². The number of imidazole rings is 1. The normalized spacial score (nSPS) is 21.7. The molecule has 1 fully saturated rings. The second-order valence-electron chi connectivity index (χ2n) is 5.61. The Bertz CT molecular complexity index is 578. The molecule has 0 N–H and O–H groups in total. The van der Waals surface area contributed by atoms with Gasteiger partial charge in [-0.3, -0.25) is 4.40 Å². The SMILES string of the molecule is CC1(C)OB(c2cnc3nccn3c2)OC1(C)C. The first-order chi connectivity index (χ1) is 8.39. The highest BCUT2D eigenvalue weighted by atomic mass is 16.7. The molecular weight excluding hydrogens is 229 g/mol. The Labute approximate surface area is 106 Å². The molecule has 2 aromatic heterocycles. The van der Waals surface area contributed by atoms with Gasteiger partial charge in [-0.05, 0) is 27.7 Å². The summed E-state index contributed by atoms with van der Waals surface area (Å²) in [5.41, 5.74) is 0.238. The minimum atomic E-state index is -0.380. The fourth-order valence-corrected chi connectivity index (χ4v) is 1.93. The van der Waals surface area contributed by atoms with Crippen LogP contribution in [0.1, 0.15) is 27.7 Å². The maximum absolute atomic E-state index is 5.98. The highest BCUT2D eigenvalue weighted by molar-refractivity contribution is 6.61. The Morgan fingerprint density at radius 1 is 1.11 bits per heavy atom. The van der Waals surface area contributed by atoms with Crippen molar-refractivity contribution >= 4 is 18.4 Å². The highest BCUT2D eigenvalue weighted by Crippen LogP contribution is 2.36. The zero-order chi connectivity index (χ0) is 13.0. The molecule has 1 aliphatic heterocycles. The molecule has 0 aliphatic carbocycles. The van der Waals surface area contributed by atoms with Crippen LogP contribution in [0.5, 0.6) is 0 Å². The summed E-state index contributed by atoms with van der Waals surface area (Å²) in [7, 11) is -0.380. The van der Waals surface area contributed by atoms with E-state index in [0.717, 1.165) is 5.46 Å². The Morgan fingerprint density at radius 2 is 1.78 bits per heavy atom. The summed E-state index contributed by atoms with van der Waals surface area (Å²) >= 11 is 0. The van der Waals surface area contributed by atoms with E-state index in [1.165, 1.54) is 0 Å². The molecular formula is C12H16BN3O2. The number of rotatable bonds is 1. The molecule has 1 saturated heterocycles. The van der Waals surface area contributed by atoms with Crippen LogP contribution in [0, 0.1) is 0 Å². The molecule has 18 heavy (non-hydrogen) atoms. The predicted molar refractivity (Wildman–Crippen MR) is 68.7 cm³/mol. The van der Waals surface area contributed by atoms with Crippen molar-refractivity contribution in [2.45, 2.75) is 38.9 Å². The largest absolute Gasteiger partial charge is 0.497 e. The van der Waals surface area contributed by atoms with E-state index in [-0.39, 0.29) is 18.3 Å². The number of nitrogens with zero attached hydrogens (tertiary/aromatic N) is 3. The molecule has 94 valence electrons. The molecule has 0 atom stereocenters. The second-order valence-corrected chi connectivity index (χ2v) is 5.61. The minimum absolute atomic E-state index is 0.332. The van der Waals surface area contributed by atoms with Crippen LogP contribution in [0.25, 0.3) is 5.78 Å². The number of hydrogen-bond donors (Lipinski definition) is 0. The van der Waals surface area contributed by atoms with Gasteiger partial charge in [-0.15, -0.1) is 0 Å². The lowest BCUT2D eigenvalue weighted by atomic mass is 9.81. The molecule has 0 spiro atoms. The first-order valence-electron chi connectivity index (χ1n) is 6.03. The van der Waals surface area contributed by atoms with Crippen LogP contribution in [0.4, 0.5) is 0 Å². The monoisotopic (exact) mass is 245 g/mol. The van der Waals surface area contributed by atoms with Crippen molar-refractivity contribution in [3.8, 4) is 0 Å². The van der Waals surface area contributed by atoms with E-state index in [1.807, 2.05) is 44.5 Å². The molecule has 0 amide bonds. The summed E-state index contributed by atoms with van der Waals surface area (Å²) in [6.07, 6.45) is 7.27. The molecule has 6 heteroatoms. The van der Waals surface area contributed by atoms with Crippen LogP contribution < -0.4 is 5.46 Å². The van der Waals surface area contributed by atoms with Crippen LogP contribution in [0.3, 0.4) is 0 Å². The first kappa shape index (κ1) is 11.7. The molecule has 0 unspecified atom stereocenters. The lowest BCUT2D eigenvalue weighted by Crippen LogP contribution is -2.41. The van der Waals surface area contributed by atoms with Crippen LogP contribution in [-0.2, 0) is 9.31 Å². The van der Waals surface area contributed by atoms with Gasteiger partial charge >= 0.3 is 7.12 Å². The number of fused-ring (bicyclic) bond motifs is 1. The fraction of sp³-hybridized carbons (Fsp3) is 0.500. The van der Waals surface area contributed by atoms with E-state index >= 15 is 0 Å². The van der Waals surface area contributed by atoms with Crippen LogP contribution in [0.2, 0.25) is 0 Å². The third kappa shape index (κ3) is 1.64. The molecule has 0 saturated carbocycles. The van der Waals surface area contributed by atoms with Crippen LogP contribution >= 0.6 is 0 Å². The van der Waals surface area contributed by atoms with Gasteiger partial charge in [0.15, 0.2) is 0 Å². The van der Waals surface area contributed by atoms with Gasteiger partial charge in [0, 0.05) is 30.3 Å². The van der Waals surface area contributed by atoms with Crippen molar-refractivity contribution in [1.82, 2.24) is 14.4 Å². The maximum Gasteiger partial charge on any atom is 0.497 e. The van der Waals surface area contributed by atoms with E-state index in [1.54, 1.807) is 12.4 Å². The van der Waals surface area contributed by atoms with Crippen molar-refractivity contribution in [1.29, 1.82) is 0 Å². The maximum atomic E-state index is 5.98. The van der Waals surface area contributed by atoms with E-state index in [2.05, 4.69) is 9.97 Å². The summed E-state index contributed by atoms with van der Waals surface area (Å²) in [4.78, 5) is 8.39. The van der Waals surface area contributed by atoms with Crippen LogP contribution in [-0.4, -0.2) is 32.7 Å². The Balaban J connectivity index is 1.96.